The largest absolute Gasteiger partial charge is 0.508 e. The highest BCUT2D eigenvalue weighted by Crippen LogP contribution is 2.35. The maximum absolute atomic E-state index is 13.6. The van der Waals surface area contributed by atoms with E-state index in [1.807, 2.05) is 0 Å². The van der Waals surface area contributed by atoms with E-state index in [0.29, 0.717) is 18.7 Å². The normalized spacial score (nSPS) is 15.2. The molecule has 132 valence electrons. The molecule has 2 amide bonds. The van der Waals surface area contributed by atoms with Crippen LogP contribution in [-0.4, -0.2) is 34.2 Å². The maximum Gasteiger partial charge on any atom is 0.317 e. The second-order valence-corrected chi connectivity index (χ2v) is 6.25. The fourth-order valence-electron chi connectivity index (χ4n) is 3.20. The molecule has 6 heteroatoms. The maximum atomic E-state index is 13.6. The predicted molar refractivity (Wildman–Crippen MR) is 92.0 cm³/mol. The highest BCUT2D eigenvalue weighted by Gasteiger charge is 2.25. The zero-order valence-corrected chi connectivity index (χ0v) is 13.8. The number of aromatic hydroxyl groups is 2. The lowest BCUT2D eigenvalue weighted by molar-refractivity contribution is 0.180. The molecule has 3 N–H and O–H groups in total. The lowest BCUT2D eigenvalue weighted by Gasteiger charge is -2.32. The van der Waals surface area contributed by atoms with Crippen LogP contribution in [0.5, 0.6) is 11.5 Å². The van der Waals surface area contributed by atoms with E-state index in [4.69, 9.17) is 0 Å². The lowest BCUT2D eigenvalue weighted by Crippen LogP contribution is -2.43. The fourth-order valence-corrected chi connectivity index (χ4v) is 3.20. The van der Waals surface area contributed by atoms with Crippen molar-refractivity contribution in [3.63, 3.8) is 0 Å². The van der Waals surface area contributed by atoms with E-state index in [2.05, 4.69) is 5.32 Å². The summed E-state index contributed by atoms with van der Waals surface area (Å²) in [5, 5.41) is 22.1. The molecule has 1 saturated heterocycles. The van der Waals surface area contributed by atoms with Gasteiger partial charge in [0.2, 0.25) is 0 Å². The number of carbonyl (C=O) groups is 1. The van der Waals surface area contributed by atoms with Crippen LogP contribution in [0.2, 0.25) is 0 Å². The van der Waals surface area contributed by atoms with Crippen molar-refractivity contribution in [3.05, 3.63) is 59.4 Å². The van der Waals surface area contributed by atoms with E-state index in [0.717, 1.165) is 18.4 Å². The van der Waals surface area contributed by atoms with E-state index < -0.39 is 0 Å². The van der Waals surface area contributed by atoms with Gasteiger partial charge >= 0.3 is 6.03 Å². The number of carbonyl (C=O) groups excluding carboxylic acids is 1. The quantitative estimate of drug-likeness (QED) is 0.800. The van der Waals surface area contributed by atoms with Crippen molar-refractivity contribution in [3.8, 4) is 11.5 Å². The molecule has 3 rings (SSSR count). The number of urea groups is 1. The minimum absolute atomic E-state index is 0.0335. The summed E-state index contributed by atoms with van der Waals surface area (Å²) in [5.41, 5.74) is 1.25. The van der Waals surface area contributed by atoms with E-state index >= 15 is 0 Å². The second-order valence-electron chi connectivity index (χ2n) is 6.25. The molecule has 1 heterocycles. The van der Waals surface area contributed by atoms with E-state index in [9.17, 15) is 19.4 Å². The first kappa shape index (κ1) is 17.1. The number of amides is 2. The summed E-state index contributed by atoms with van der Waals surface area (Å²) in [4.78, 5) is 14.0. The number of benzene rings is 2. The molecule has 0 aromatic heterocycles. The Morgan fingerprint density at radius 2 is 1.88 bits per heavy atom. The van der Waals surface area contributed by atoms with Gasteiger partial charge in [0.25, 0.3) is 0 Å². The number of halogens is 1. The van der Waals surface area contributed by atoms with Gasteiger partial charge in [0.05, 0.1) is 0 Å². The average Bonchev–Trinajstić information content (AvgIpc) is 2.61. The molecular weight excluding hydrogens is 323 g/mol. The summed E-state index contributed by atoms with van der Waals surface area (Å²) < 4.78 is 13.6. The van der Waals surface area contributed by atoms with Crippen LogP contribution in [0.3, 0.4) is 0 Å². The number of hydrogen-bond donors (Lipinski definition) is 3. The minimum atomic E-state index is -0.329. The van der Waals surface area contributed by atoms with Crippen LogP contribution >= 0.6 is 0 Å². The molecular formula is C19H21FN2O3. The van der Waals surface area contributed by atoms with Crippen molar-refractivity contribution < 1.29 is 19.4 Å². The van der Waals surface area contributed by atoms with Gasteiger partial charge in [-0.1, -0.05) is 24.3 Å². The number of nitrogens with one attached hydrogen (secondary N) is 1. The first-order chi connectivity index (χ1) is 12.0. The van der Waals surface area contributed by atoms with Gasteiger partial charge in [-0.15, -0.1) is 0 Å². The Morgan fingerprint density at radius 3 is 2.56 bits per heavy atom. The topological polar surface area (TPSA) is 72.8 Å². The standard InChI is InChI=1S/C19H21FN2O3/c20-17-4-2-1-3-14(17)12-21-19(25)22-9-7-13(8-10-22)16-6-5-15(23)11-18(16)24/h1-6,11,13,23-24H,7-10,12H2,(H,21,25). The molecule has 25 heavy (non-hydrogen) atoms. The summed E-state index contributed by atoms with van der Waals surface area (Å²) >= 11 is 0. The number of hydrogen-bond acceptors (Lipinski definition) is 3. The van der Waals surface area contributed by atoms with Gasteiger partial charge in [0, 0.05) is 31.3 Å². The number of piperidine rings is 1. The Hall–Kier alpha value is -2.76. The summed E-state index contributed by atoms with van der Waals surface area (Å²) in [7, 11) is 0. The molecule has 5 nitrogen and oxygen atoms in total. The van der Waals surface area contributed by atoms with Gasteiger partial charge in [0.15, 0.2) is 0 Å². The summed E-state index contributed by atoms with van der Waals surface area (Å²) in [6.07, 6.45) is 1.46. The number of nitrogens with zero attached hydrogens (tertiary/aromatic N) is 1. The third-order valence-corrected chi connectivity index (χ3v) is 4.62. The van der Waals surface area contributed by atoms with Crippen LogP contribution in [0.25, 0.3) is 0 Å². The average molecular weight is 344 g/mol. The molecule has 0 atom stereocenters. The molecule has 0 radical (unpaired) electrons. The molecule has 0 spiro atoms. The number of phenols is 2. The fraction of sp³-hybridized carbons (Fsp3) is 0.316. The van der Waals surface area contributed by atoms with E-state index in [1.54, 1.807) is 35.2 Å². The molecule has 0 bridgehead atoms. The number of rotatable bonds is 3. The van der Waals surface area contributed by atoms with Gasteiger partial charge in [-0.3, -0.25) is 0 Å². The minimum Gasteiger partial charge on any atom is -0.508 e. The Morgan fingerprint density at radius 1 is 1.16 bits per heavy atom. The Labute approximate surface area is 145 Å². The van der Waals surface area contributed by atoms with Crippen molar-refractivity contribution in [1.29, 1.82) is 0 Å². The number of likely N-dealkylation sites (tertiary alicyclic amines) is 1. The molecule has 0 aliphatic carbocycles. The summed E-state index contributed by atoms with van der Waals surface area (Å²) in [5.74, 6) is -0.0609. The van der Waals surface area contributed by atoms with Gasteiger partial charge in [-0.25, -0.2) is 9.18 Å². The van der Waals surface area contributed by atoms with E-state index in [1.165, 1.54) is 12.1 Å². The molecule has 0 saturated carbocycles. The zero-order chi connectivity index (χ0) is 17.8. The molecule has 2 aromatic rings. The van der Waals surface area contributed by atoms with Crippen LogP contribution < -0.4 is 5.32 Å². The third-order valence-electron chi connectivity index (χ3n) is 4.62. The van der Waals surface area contributed by atoms with Crippen LogP contribution in [0, 0.1) is 5.82 Å². The Bertz CT molecular complexity index is 758. The van der Waals surface area contributed by atoms with Crippen LogP contribution in [-0.2, 0) is 6.54 Å². The van der Waals surface area contributed by atoms with Crippen molar-refractivity contribution >= 4 is 6.03 Å². The third kappa shape index (κ3) is 4.02. The zero-order valence-electron chi connectivity index (χ0n) is 13.8. The summed E-state index contributed by atoms with van der Waals surface area (Å²) in [6.45, 7) is 1.28. The molecule has 1 fully saturated rings. The highest BCUT2D eigenvalue weighted by molar-refractivity contribution is 5.74. The first-order valence-electron chi connectivity index (χ1n) is 8.32. The molecule has 0 unspecified atom stereocenters. The van der Waals surface area contributed by atoms with Gasteiger partial charge in [-0.2, -0.15) is 0 Å². The highest BCUT2D eigenvalue weighted by atomic mass is 19.1. The lowest BCUT2D eigenvalue weighted by atomic mass is 9.89. The SMILES string of the molecule is O=C(NCc1ccccc1F)N1CCC(c2ccc(O)cc2O)CC1. The van der Waals surface area contributed by atoms with Gasteiger partial charge < -0.3 is 20.4 Å². The number of phenolic OH excluding ortho intramolecular Hbond substituents is 2. The summed E-state index contributed by atoms with van der Waals surface area (Å²) in [6, 6.07) is 10.8. The van der Waals surface area contributed by atoms with Crippen LogP contribution in [0.4, 0.5) is 9.18 Å². The van der Waals surface area contributed by atoms with Gasteiger partial charge in [-0.05, 0) is 36.5 Å². The van der Waals surface area contributed by atoms with Crippen molar-refractivity contribution in [1.82, 2.24) is 10.2 Å². The smallest absolute Gasteiger partial charge is 0.317 e. The molecule has 1 aliphatic heterocycles. The Balaban J connectivity index is 1.53. The monoisotopic (exact) mass is 344 g/mol. The van der Waals surface area contributed by atoms with Crippen molar-refractivity contribution in [2.75, 3.05) is 13.1 Å². The first-order valence-corrected chi connectivity index (χ1v) is 8.32. The predicted octanol–water partition coefficient (Wildman–Crippen LogP) is 3.33. The van der Waals surface area contributed by atoms with Gasteiger partial charge in [0.1, 0.15) is 17.3 Å². The van der Waals surface area contributed by atoms with Crippen LogP contribution in [0.1, 0.15) is 29.9 Å². The van der Waals surface area contributed by atoms with E-state index in [-0.39, 0.29) is 35.8 Å². The van der Waals surface area contributed by atoms with Crippen molar-refractivity contribution in [2.45, 2.75) is 25.3 Å². The second kappa shape index (κ2) is 7.42. The molecule has 2 aromatic carbocycles. The van der Waals surface area contributed by atoms with Crippen molar-refractivity contribution in [2.24, 2.45) is 0 Å². The van der Waals surface area contributed by atoms with Crippen LogP contribution in [0.15, 0.2) is 42.5 Å². The molecule has 1 aliphatic rings. The Kier molecular flexibility index (Phi) is 5.07.